The Labute approximate surface area is 482 Å². The van der Waals surface area contributed by atoms with Crippen molar-refractivity contribution in [2.45, 2.75) is 71.5 Å². The molecule has 2 aliphatic rings. The normalized spacial score (nSPS) is 13.5. The standard InChI is InChI=1S/C78H68N4/c1-7-46(4)82-77-67(50-32-20-13-21-33-50)72-60-39-25-37-58-56(43-45-62(69(58)60)73(72)66(76(77)81-6)49-30-18-12-19-31-49)54-41-40-53(51-34-22-23-35-52(51)54)55-42-44-61-68-57(55)36-24-38-59(68)71-65(48-28-16-11-17-29-48)75(78(5,80)9-3)74(63(79)8-2)64(70(61)71)47-26-14-10-15-27-47/h10-46,63,81-82H,7-9,79-80H2,1-6H3. The number of benzene rings is 12. The van der Waals surface area contributed by atoms with Crippen molar-refractivity contribution >= 4 is 43.7 Å². The molecular formula is C78H68N4. The fraction of sp³-hybridized carbons (Fsp3) is 0.154. The highest BCUT2D eigenvalue weighted by Gasteiger charge is 2.39. The van der Waals surface area contributed by atoms with E-state index in [1.54, 1.807) is 0 Å². The smallest absolute Gasteiger partial charge is 0.0670 e. The molecule has 12 aromatic carbocycles. The van der Waals surface area contributed by atoms with Crippen molar-refractivity contribution in [1.82, 2.24) is 0 Å². The highest BCUT2D eigenvalue weighted by Crippen LogP contribution is 2.63. The third-order valence-corrected chi connectivity index (χ3v) is 18.3. The Morgan fingerprint density at radius 1 is 0.378 bits per heavy atom. The maximum Gasteiger partial charge on any atom is 0.0670 e. The van der Waals surface area contributed by atoms with Gasteiger partial charge >= 0.3 is 0 Å². The molecule has 0 saturated heterocycles. The molecule has 0 amide bonds. The molecule has 0 spiro atoms. The van der Waals surface area contributed by atoms with Gasteiger partial charge in [-0.05, 0) is 166 Å². The number of anilines is 2. The van der Waals surface area contributed by atoms with E-state index in [0.29, 0.717) is 0 Å². The van der Waals surface area contributed by atoms with Crippen LogP contribution in [0.25, 0.3) is 144 Å². The molecule has 0 radical (unpaired) electrons. The average molecular weight is 1060 g/mol. The van der Waals surface area contributed by atoms with Crippen LogP contribution >= 0.6 is 0 Å². The van der Waals surface area contributed by atoms with Gasteiger partial charge in [0.25, 0.3) is 0 Å². The number of hydrogen-bond donors (Lipinski definition) is 4. The highest BCUT2D eigenvalue weighted by atomic mass is 15.0. The van der Waals surface area contributed by atoms with Crippen LogP contribution in [0.15, 0.2) is 218 Å². The van der Waals surface area contributed by atoms with Crippen LogP contribution < -0.4 is 22.1 Å². The maximum atomic E-state index is 7.62. The van der Waals surface area contributed by atoms with Crippen molar-refractivity contribution in [2.24, 2.45) is 11.5 Å². The van der Waals surface area contributed by atoms with Gasteiger partial charge < -0.3 is 22.1 Å². The quantitative estimate of drug-likeness (QED) is 0.0875. The first-order valence-electron chi connectivity index (χ1n) is 29.5. The zero-order valence-corrected chi connectivity index (χ0v) is 47.7. The fourth-order valence-electron chi connectivity index (χ4n) is 14.2. The summed E-state index contributed by atoms with van der Waals surface area (Å²) in [7, 11) is 2.07. The Balaban J connectivity index is 0.999. The third-order valence-electron chi connectivity index (χ3n) is 18.3. The summed E-state index contributed by atoms with van der Waals surface area (Å²) in [6, 6.07) is 81.1. The number of fused-ring (bicyclic) bond motifs is 7. The zero-order chi connectivity index (χ0) is 56.0. The molecule has 0 bridgehead atoms. The molecule has 400 valence electrons. The minimum atomic E-state index is -0.671. The first kappa shape index (κ1) is 51.1. The summed E-state index contributed by atoms with van der Waals surface area (Å²) in [5.74, 6) is 0. The first-order chi connectivity index (χ1) is 40.2. The van der Waals surface area contributed by atoms with Crippen LogP contribution in [0.5, 0.6) is 0 Å². The average Bonchev–Trinajstić information content (AvgIpc) is 2.80. The molecule has 2 aliphatic carbocycles. The third kappa shape index (κ3) is 7.73. The molecule has 6 N–H and O–H groups in total. The molecule has 0 saturated carbocycles. The monoisotopic (exact) mass is 1060 g/mol. The van der Waals surface area contributed by atoms with E-state index >= 15 is 0 Å². The van der Waals surface area contributed by atoms with Gasteiger partial charge in [0, 0.05) is 46.9 Å². The van der Waals surface area contributed by atoms with E-state index in [9.17, 15) is 0 Å². The van der Waals surface area contributed by atoms with Crippen molar-refractivity contribution < 1.29 is 0 Å². The summed E-state index contributed by atoms with van der Waals surface area (Å²) in [4.78, 5) is 0. The van der Waals surface area contributed by atoms with E-state index in [1.165, 1.54) is 132 Å². The van der Waals surface area contributed by atoms with Crippen LogP contribution in [0.1, 0.15) is 71.0 Å². The van der Waals surface area contributed by atoms with Gasteiger partial charge in [-0.1, -0.05) is 239 Å². The van der Waals surface area contributed by atoms with Crippen molar-refractivity contribution in [3.05, 3.63) is 230 Å². The molecule has 4 heteroatoms. The Morgan fingerprint density at radius 3 is 1.16 bits per heavy atom. The minimum Gasteiger partial charge on any atom is -0.386 e. The van der Waals surface area contributed by atoms with E-state index in [2.05, 4.69) is 271 Å². The van der Waals surface area contributed by atoms with Gasteiger partial charge in [-0.2, -0.15) is 0 Å². The molecule has 4 nitrogen and oxygen atoms in total. The lowest BCUT2D eigenvalue weighted by atomic mass is 9.72. The molecule has 12 aromatic rings. The van der Waals surface area contributed by atoms with Gasteiger partial charge in [0.2, 0.25) is 0 Å². The molecule has 0 fully saturated rings. The van der Waals surface area contributed by atoms with Crippen LogP contribution in [0.4, 0.5) is 11.4 Å². The van der Waals surface area contributed by atoms with E-state index in [-0.39, 0.29) is 12.1 Å². The largest absolute Gasteiger partial charge is 0.386 e. The van der Waals surface area contributed by atoms with Gasteiger partial charge in [-0.15, -0.1) is 0 Å². The highest BCUT2D eigenvalue weighted by molar-refractivity contribution is 6.29. The van der Waals surface area contributed by atoms with E-state index < -0.39 is 5.54 Å². The van der Waals surface area contributed by atoms with Crippen molar-refractivity contribution in [2.75, 3.05) is 17.7 Å². The SMILES string of the molecule is CCC(C)Nc1c(NC)c(-c2ccccc2)c2c(c1-c1ccccc1)-c1cccc3c(-c4ccc(-c5ccc6c7c(cccc57)-c5c-6c(-c6ccccc6)c(C(N)CC)c(C(C)(N)CC)c5-c5ccccc5)c5ccccc45)ccc-2c13. The van der Waals surface area contributed by atoms with Gasteiger partial charge in [-0.3, -0.25) is 0 Å². The molecule has 0 aromatic heterocycles. The Morgan fingerprint density at radius 2 is 0.732 bits per heavy atom. The second-order valence-electron chi connectivity index (χ2n) is 23.0. The second kappa shape index (κ2) is 20.2. The van der Waals surface area contributed by atoms with E-state index in [1.807, 2.05) is 0 Å². The summed E-state index contributed by atoms with van der Waals surface area (Å²) < 4.78 is 0. The summed E-state index contributed by atoms with van der Waals surface area (Å²) in [5, 5.41) is 15.3. The van der Waals surface area contributed by atoms with Crippen LogP contribution in [0.2, 0.25) is 0 Å². The van der Waals surface area contributed by atoms with Crippen molar-refractivity contribution in [3.8, 4) is 111 Å². The number of nitrogens with two attached hydrogens (primary N) is 2. The zero-order valence-electron chi connectivity index (χ0n) is 47.7. The first-order valence-corrected chi connectivity index (χ1v) is 29.5. The molecule has 0 heterocycles. The van der Waals surface area contributed by atoms with Crippen molar-refractivity contribution in [3.63, 3.8) is 0 Å². The molecule has 3 atom stereocenters. The number of hydrogen-bond acceptors (Lipinski definition) is 4. The van der Waals surface area contributed by atoms with Gasteiger partial charge in [0.1, 0.15) is 0 Å². The predicted octanol–water partition coefficient (Wildman–Crippen LogP) is 20.7. The predicted molar refractivity (Wildman–Crippen MR) is 352 cm³/mol. The fourth-order valence-corrected chi connectivity index (χ4v) is 14.2. The topological polar surface area (TPSA) is 76.1 Å². The van der Waals surface area contributed by atoms with Crippen LogP contribution in [0, 0.1) is 0 Å². The molecule has 14 rings (SSSR count). The lowest BCUT2D eigenvalue weighted by molar-refractivity contribution is 0.468. The minimum absolute atomic E-state index is 0.237. The second-order valence-corrected chi connectivity index (χ2v) is 23.0. The van der Waals surface area contributed by atoms with E-state index in [4.69, 9.17) is 11.5 Å². The van der Waals surface area contributed by atoms with Gasteiger partial charge in [0.15, 0.2) is 0 Å². The van der Waals surface area contributed by atoms with E-state index in [0.717, 1.165) is 52.9 Å². The lowest BCUT2D eigenvalue weighted by Gasteiger charge is -2.35. The summed E-state index contributed by atoms with van der Waals surface area (Å²) in [5.41, 5.74) is 43.3. The van der Waals surface area contributed by atoms with Crippen LogP contribution in [0.3, 0.4) is 0 Å². The summed E-state index contributed by atoms with van der Waals surface area (Å²) in [6.07, 6.45) is 2.52. The molecular weight excluding hydrogens is 993 g/mol. The summed E-state index contributed by atoms with van der Waals surface area (Å²) in [6.45, 7) is 11.1. The lowest BCUT2D eigenvalue weighted by Crippen LogP contribution is -2.35. The molecule has 0 aliphatic heterocycles. The molecule has 3 unspecified atom stereocenters. The van der Waals surface area contributed by atoms with Gasteiger partial charge in [-0.25, -0.2) is 0 Å². The number of rotatable bonds is 14. The maximum absolute atomic E-state index is 7.62. The Bertz CT molecular complexity index is 4500. The number of nitrogens with one attached hydrogen (secondary N) is 2. The Kier molecular flexibility index (Phi) is 12.6. The Hall–Kier alpha value is -9.06. The van der Waals surface area contributed by atoms with Crippen molar-refractivity contribution in [1.29, 1.82) is 0 Å². The summed E-state index contributed by atoms with van der Waals surface area (Å²) >= 11 is 0. The van der Waals surface area contributed by atoms with Gasteiger partial charge in [0.05, 0.1) is 11.4 Å². The van der Waals surface area contributed by atoms with Crippen LogP contribution in [-0.4, -0.2) is 13.1 Å². The molecule has 82 heavy (non-hydrogen) atoms. The van der Waals surface area contributed by atoms with Crippen LogP contribution in [-0.2, 0) is 5.54 Å².